The average Bonchev–Trinajstić information content (AvgIpc) is 3.09. The Morgan fingerprint density at radius 1 is 1.43 bits per heavy atom. The summed E-state index contributed by atoms with van der Waals surface area (Å²) in [6, 6.07) is -0.709. The Labute approximate surface area is 124 Å². The molecule has 1 aromatic rings. The summed E-state index contributed by atoms with van der Waals surface area (Å²) in [6.45, 7) is 4.38. The van der Waals surface area contributed by atoms with Crippen molar-refractivity contribution in [3.05, 3.63) is 12.4 Å². The molecule has 0 aromatic carbocycles. The van der Waals surface area contributed by atoms with Gasteiger partial charge in [-0.2, -0.15) is 5.10 Å². The average molecular weight is 293 g/mol. The van der Waals surface area contributed by atoms with Crippen LogP contribution in [0.3, 0.4) is 0 Å². The SMILES string of the molecule is CCn1cc(NC(=O)N[C@H](C)C(=O)NC2CCCC2)cn1. The van der Waals surface area contributed by atoms with E-state index in [-0.39, 0.29) is 11.9 Å². The summed E-state index contributed by atoms with van der Waals surface area (Å²) in [5, 5.41) is 12.3. The molecule has 0 saturated heterocycles. The molecule has 0 radical (unpaired) electrons. The van der Waals surface area contributed by atoms with Gasteiger partial charge in [0.05, 0.1) is 11.9 Å². The minimum atomic E-state index is -0.563. The number of anilines is 1. The molecule has 0 spiro atoms. The normalized spacial score (nSPS) is 16.5. The van der Waals surface area contributed by atoms with Gasteiger partial charge in [-0.3, -0.25) is 9.48 Å². The van der Waals surface area contributed by atoms with Crippen LogP contribution < -0.4 is 16.0 Å². The molecular weight excluding hydrogens is 270 g/mol. The first-order chi connectivity index (χ1) is 10.1. The zero-order valence-electron chi connectivity index (χ0n) is 12.6. The van der Waals surface area contributed by atoms with Gasteiger partial charge in [0, 0.05) is 18.8 Å². The van der Waals surface area contributed by atoms with Crippen LogP contribution in [0.5, 0.6) is 0 Å². The molecule has 1 saturated carbocycles. The highest BCUT2D eigenvalue weighted by atomic mass is 16.2. The first-order valence-corrected chi connectivity index (χ1v) is 7.49. The summed E-state index contributed by atoms with van der Waals surface area (Å²) in [5.41, 5.74) is 0.609. The quantitative estimate of drug-likeness (QED) is 0.768. The van der Waals surface area contributed by atoms with Gasteiger partial charge in [-0.05, 0) is 26.7 Å². The number of carbonyl (C=O) groups is 2. The largest absolute Gasteiger partial charge is 0.352 e. The van der Waals surface area contributed by atoms with Crippen LogP contribution in [0.4, 0.5) is 10.5 Å². The fraction of sp³-hybridized carbons (Fsp3) is 0.643. The molecule has 0 unspecified atom stereocenters. The molecule has 1 aliphatic rings. The van der Waals surface area contributed by atoms with E-state index in [0.29, 0.717) is 5.69 Å². The van der Waals surface area contributed by atoms with Crippen LogP contribution in [0.1, 0.15) is 39.5 Å². The number of carbonyl (C=O) groups excluding carboxylic acids is 2. The number of rotatable bonds is 5. The third-order valence-corrected chi connectivity index (χ3v) is 3.66. The van der Waals surface area contributed by atoms with Crippen molar-refractivity contribution in [2.24, 2.45) is 0 Å². The second kappa shape index (κ2) is 7.10. The molecule has 0 bridgehead atoms. The molecule has 3 N–H and O–H groups in total. The van der Waals surface area contributed by atoms with Crippen molar-refractivity contribution in [2.75, 3.05) is 5.32 Å². The van der Waals surface area contributed by atoms with E-state index in [4.69, 9.17) is 0 Å². The number of nitrogens with one attached hydrogen (secondary N) is 3. The Hall–Kier alpha value is -2.05. The van der Waals surface area contributed by atoms with Crippen molar-refractivity contribution in [3.8, 4) is 0 Å². The summed E-state index contributed by atoms with van der Waals surface area (Å²) >= 11 is 0. The van der Waals surface area contributed by atoms with Crippen LogP contribution in [-0.2, 0) is 11.3 Å². The van der Waals surface area contributed by atoms with Gasteiger partial charge in [0.2, 0.25) is 5.91 Å². The lowest BCUT2D eigenvalue weighted by molar-refractivity contribution is -0.123. The number of hydrogen-bond donors (Lipinski definition) is 3. The van der Waals surface area contributed by atoms with Gasteiger partial charge < -0.3 is 16.0 Å². The molecule has 3 amide bonds. The number of amides is 3. The van der Waals surface area contributed by atoms with Crippen LogP contribution in [0.2, 0.25) is 0 Å². The molecule has 21 heavy (non-hydrogen) atoms. The van der Waals surface area contributed by atoms with Gasteiger partial charge in [0.15, 0.2) is 0 Å². The molecule has 1 fully saturated rings. The van der Waals surface area contributed by atoms with Crippen molar-refractivity contribution in [1.29, 1.82) is 0 Å². The molecule has 1 heterocycles. The molecule has 7 nitrogen and oxygen atoms in total. The molecule has 7 heteroatoms. The summed E-state index contributed by atoms with van der Waals surface area (Å²) in [7, 11) is 0. The van der Waals surface area contributed by atoms with E-state index in [9.17, 15) is 9.59 Å². The number of hydrogen-bond acceptors (Lipinski definition) is 3. The van der Waals surface area contributed by atoms with Crippen LogP contribution >= 0.6 is 0 Å². The smallest absolute Gasteiger partial charge is 0.319 e. The molecule has 1 aromatic heterocycles. The number of urea groups is 1. The first-order valence-electron chi connectivity index (χ1n) is 7.49. The predicted molar refractivity (Wildman–Crippen MR) is 79.9 cm³/mol. The van der Waals surface area contributed by atoms with E-state index < -0.39 is 12.1 Å². The second-order valence-corrected chi connectivity index (χ2v) is 5.39. The monoisotopic (exact) mass is 293 g/mol. The van der Waals surface area contributed by atoms with Gasteiger partial charge in [-0.1, -0.05) is 12.8 Å². The van der Waals surface area contributed by atoms with Crippen LogP contribution in [0, 0.1) is 0 Å². The van der Waals surface area contributed by atoms with Gasteiger partial charge >= 0.3 is 6.03 Å². The molecule has 1 aliphatic carbocycles. The minimum absolute atomic E-state index is 0.138. The lowest BCUT2D eigenvalue weighted by atomic mass is 10.2. The summed E-state index contributed by atoms with van der Waals surface area (Å²) < 4.78 is 1.71. The lowest BCUT2D eigenvalue weighted by Crippen LogP contribution is -2.48. The van der Waals surface area contributed by atoms with Gasteiger partial charge in [0.25, 0.3) is 0 Å². The van der Waals surface area contributed by atoms with E-state index in [2.05, 4.69) is 21.0 Å². The molecule has 0 aliphatic heterocycles. The molecule has 1 atom stereocenters. The van der Waals surface area contributed by atoms with Gasteiger partial charge in [-0.25, -0.2) is 4.79 Å². The third-order valence-electron chi connectivity index (χ3n) is 3.66. The number of aromatic nitrogens is 2. The van der Waals surface area contributed by atoms with E-state index in [1.54, 1.807) is 24.0 Å². The third kappa shape index (κ3) is 4.47. The maximum Gasteiger partial charge on any atom is 0.319 e. The van der Waals surface area contributed by atoms with Crippen molar-refractivity contribution in [3.63, 3.8) is 0 Å². The molecular formula is C14H23N5O2. The van der Waals surface area contributed by atoms with Crippen molar-refractivity contribution >= 4 is 17.6 Å². The highest BCUT2D eigenvalue weighted by Gasteiger charge is 2.21. The second-order valence-electron chi connectivity index (χ2n) is 5.39. The minimum Gasteiger partial charge on any atom is -0.352 e. The zero-order chi connectivity index (χ0) is 15.2. The predicted octanol–water partition coefficient (Wildman–Crippen LogP) is 1.47. The summed E-state index contributed by atoms with van der Waals surface area (Å²) in [4.78, 5) is 23.8. The zero-order valence-corrected chi connectivity index (χ0v) is 12.6. The Bertz CT molecular complexity index is 493. The van der Waals surface area contributed by atoms with Gasteiger partial charge in [-0.15, -0.1) is 0 Å². The van der Waals surface area contributed by atoms with E-state index in [0.717, 1.165) is 32.2 Å². The maximum atomic E-state index is 12.0. The Kier molecular flexibility index (Phi) is 5.19. The van der Waals surface area contributed by atoms with Crippen LogP contribution in [0.15, 0.2) is 12.4 Å². The van der Waals surface area contributed by atoms with Crippen molar-refractivity contribution in [2.45, 2.75) is 58.2 Å². The fourth-order valence-corrected chi connectivity index (χ4v) is 2.43. The number of aryl methyl sites for hydroxylation is 1. The van der Waals surface area contributed by atoms with Crippen LogP contribution in [0.25, 0.3) is 0 Å². The Balaban J connectivity index is 1.76. The van der Waals surface area contributed by atoms with Crippen molar-refractivity contribution < 1.29 is 9.59 Å². The first kappa shape index (κ1) is 15.3. The summed E-state index contributed by atoms with van der Waals surface area (Å²) in [5.74, 6) is -0.138. The van der Waals surface area contributed by atoms with Crippen LogP contribution in [-0.4, -0.2) is 33.8 Å². The van der Waals surface area contributed by atoms with E-state index >= 15 is 0 Å². The molecule has 2 rings (SSSR count). The highest BCUT2D eigenvalue weighted by Crippen LogP contribution is 2.17. The summed E-state index contributed by atoms with van der Waals surface area (Å²) in [6.07, 6.45) is 7.69. The maximum absolute atomic E-state index is 12.0. The molecule has 116 valence electrons. The fourth-order valence-electron chi connectivity index (χ4n) is 2.43. The van der Waals surface area contributed by atoms with Gasteiger partial charge in [0.1, 0.15) is 6.04 Å². The Morgan fingerprint density at radius 3 is 2.76 bits per heavy atom. The lowest BCUT2D eigenvalue weighted by Gasteiger charge is -2.17. The van der Waals surface area contributed by atoms with E-state index in [1.807, 2.05) is 6.92 Å². The highest BCUT2D eigenvalue weighted by molar-refractivity contribution is 5.93. The Morgan fingerprint density at radius 2 is 2.14 bits per heavy atom. The number of nitrogens with zero attached hydrogens (tertiary/aromatic N) is 2. The standard InChI is InChI=1S/C14H23N5O2/c1-3-19-9-12(8-15-19)18-14(21)16-10(2)13(20)17-11-6-4-5-7-11/h8-11H,3-7H2,1-2H3,(H,17,20)(H2,16,18,21)/t10-/m1/s1. The topological polar surface area (TPSA) is 88.0 Å². The van der Waals surface area contributed by atoms with E-state index in [1.165, 1.54) is 0 Å². The van der Waals surface area contributed by atoms with Crippen molar-refractivity contribution in [1.82, 2.24) is 20.4 Å².